The van der Waals surface area contributed by atoms with Gasteiger partial charge in [-0.3, -0.25) is 19.2 Å². The topological polar surface area (TPSA) is 281 Å². The largest absolute Gasteiger partial charge is 0.508 e. The maximum Gasteiger partial charge on any atom is 0.243 e. The van der Waals surface area contributed by atoms with Gasteiger partial charge in [0.1, 0.15) is 29.6 Å². The van der Waals surface area contributed by atoms with Gasteiger partial charge in [0, 0.05) is 38.9 Å². The molecule has 0 saturated carbocycles. The number of aromatic hydroxyl groups is 2. The van der Waals surface area contributed by atoms with Crippen LogP contribution in [0.25, 0.3) is 11.1 Å². The Morgan fingerprint density at radius 2 is 1.53 bits per heavy atom. The number of nitrogens with two attached hydrogens (primary N) is 4. The van der Waals surface area contributed by atoms with Crippen molar-refractivity contribution in [2.75, 3.05) is 26.2 Å². The Balaban J connectivity index is 2.07. The number of fused-ring (bicyclic) bond motifs is 5. The number of phenolic OH excluding ortho intramolecular Hbond substituents is 2. The van der Waals surface area contributed by atoms with Crippen molar-refractivity contribution in [2.24, 2.45) is 22.9 Å². The first-order valence-corrected chi connectivity index (χ1v) is 14.8. The second kappa shape index (κ2) is 16.7. The van der Waals surface area contributed by atoms with Crippen molar-refractivity contribution >= 4 is 23.6 Å². The molecule has 0 saturated heterocycles. The summed E-state index contributed by atoms with van der Waals surface area (Å²) in [4.78, 5) is 53.3. The van der Waals surface area contributed by atoms with Crippen LogP contribution in [0.2, 0.25) is 0 Å². The maximum atomic E-state index is 13.7. The van der Waals surface area contributed by atoms with E-state index in [0.29, 0.717) is 28.7 Å². The lowest BCUT2D eigenvalue weighted by molar-refractivity contribution is -0.134. The van der Waals surface area contributed by atoms with Crippen LogP contribution in [0, 0.1) is 0 Å². The summed E-state index contributed by atoms with van der Waals surface area (Å²) < 4.78 is 0. The minimum absolute atomic E-state index is 0.0328. The second-order valence-electron chi connectivity index (χ2n) is 11.0. The highest BCUT2D eigenvalue weighted by Crippen LogP contribution is 2.31. The van der Waals surface area contributed by atoms with Gasteiger partial charge in [-0.05, 0) is 65.9 Å². The first-order valence-electron chi connectivity index (χ1n) is 14.8. The number of carbonyl (C=O) groups excluding carboxylic acids is 4. The Labute approximate surface area is 261 Å². The molecule has 15 N–H and O–H groups in total. The minimum atomic E-state index is -1.34. The van der Waals surface area contributed by atoms with E-state index < -0.39 is 53.9 Å². The summed E-state index contributed by atoms with van der Waals surface area (Å²) in [6.45, 7) is 0.317. The van der Waals surface area contributed by atoms with E-state index in [1.807, 2.05) is 0 Å². The van der Waals surface area contributed by atoms with Crippen molar-refractivity contribution in [1.29, 1.82) is 0 Å². The Hall–Kier alpha value is -4.28. The molecule has 1 heterocycles. The van der Waals surface area contributed by atoms with Crippen molar-refractivity contribution in [3.05, 3.63) is 47.5 Å². The Morgan fingerprint density at radius 3 is 2.11 bits per heavy atom. The summed E-state index contributed by atoms with van der Waals surface area (Å²) in [5.41, 5.74) is 24.8. The predicted octanol–water partition coefficient (Wildman–Crippen LogP) is -2.83. The van der Waals surface area contributed by atoms with Crippen LogP contribution in [-0.2, 0) is 32.0 Å². The number of hydrogen-bond acceptors (Lipinski definition) is 11. The van der Waals surface area contributed by atoms with Crippen molar-refractivity contribution in [1.82, 2.24) is 21.3 Å². The molecule has 3 rings (SSSR count). The average molecular weight is 629 g/mol. The van der Waals surface area contributed by atoms with E-state index in [-0.39, 0.29) is 63.4 Å². The number of nitrogens with one attached hydrogen (secondary N) is 4. The van der Waals surface area contributed by atoms with Gasteiger partial charge in [-0.15, -0.1) is 0 Å². The zero-order valence-corrected chi connectivity index (χ0v) is 25.0. The van der Waals surface area contributed by atoms with E-state index in [4.69, 9.17) is 22.9 Å². The van der Waals surface area contributed by atoms with Gasteiger partial charge >= 0.3 is 0 Å². The van der Waals surface area contributed by atoms with Gasteiger partial charge in [-0.1, -0.05) is 12.1 Å². The number of phenols is 2. The Bertz CT molecular complexity index is 1360. The molecule has 0 spiro atoms. The number of benzene rings is 2. The molecule has 2 aromatic rings. The highest BCUT2D eigenvalue weighted by atomic mass is 16.3. The molecule has 4 amide bonds. The highest BCUT2D eigenvalue weighted by molar-refractivity contribution is 5.95. The molecule has 5 atom stereocenters. The van der Waals surface area contributed by atoms with Gasteiger partial charge in [-0.25, -0.2) is 0 Å². The lowest BCUT2D eigenvalue weighted by Gasteiger charge is -2.27. The van der Waals surface area contributed by atoms with Crippen LogP contribution in [0.5, 0.6) is 11.5 Å². The van der Waals surface area contributed by atoms with E-state index in [1.54, 1.807) is 24.3 Å². The first kappa shape index (κ1) is 35.2. The summed E-state index contributed by atoms with van der Waals surface area (Å²) in [5.74, 6) is -2.99. The van der Waals surface area contributed by atoms with Crippen LogP contribution in [0.4, 0.5) is 0 Å². The van der Waals surface area contributed by atoms with Crippen LogP contribution < -0.4 is 44.2 Å². The standard InChI is InChI=1S/C30H44N8O7/c31-7-1-2-22-29(44)37-23(30(45)38-24(14-20(39)15-33)28(43)35-9-8-32)13-19-11-17(4-6-26(19)41)16-3-5-25(40)18(10-16)12-21(34)27(42)36-22/h3-6,10-11,20-24,39-41H,1-2,7-9,12-15,31-34H2,(H,35,43)(H,36,42)(H,37,44)(H,38,45)/t20-,21+,22+,23+,24+/m1/s1. The summed E-state index contributed by atoms with van der Waals surface area (Å²) >= 11 is 0. The molecule has 15 nitrogen and oxygen atoms in total. The number of carbonyl (C=O) groups is 4. The van der Waals surface area contributed by atoms with Crippen LogP contribution >= 0.6 is 0 Å². The fourth-order valence-corrected chi connectivity index (χ4v) is 4.95. The van der Waals surface area contributed by atoms with Crippen molar-refractivity contribution in [2.45, 2.75) is 62.4 Å². The van der Waals surface area contributed by atoms with E-state index in [0.717, 1.165) is 0 Å². The monoisotopic (exact) mass is 628 g/mol. The van der Waals surface area contributed by atoms with E-state index in [1.165, 1.54) is 12.1 Å². The van der Waals surface area contributed by atoms with Gasteiger partial charge in [0.15, 0.2) is 0 Å². The van der Waals surface area contributed by atoms with Crippen molar-refractivity contribution in [3.63, 3.8) is 0 Å². The van der Waals surface area contributed by atoms with Crippen LogP contribution in [-0.4, -0.2) is 95.4 Å². The number of aliphatic hydroxyl groups excluding tert-OH is 1. The molecule has 45 heavy (non-hydrogen) atoms. The highest BCUT2D eigenvalue weighted by Gasteiger charge is 2.32. The van der Waals surface area contributed by atoms with E-state index in [9.17, 15) is 34.5 Å². The molecule has 1 aliphatic rings. The molecule has 1 aliphatic heterocycles. The summed E-state index contributed by atoms with van der Waals surface area (Å²) in [7, 11) is 0. The third kappa shape index (κ3) is 9.86. The van der Waals surface area contributed by atoms with Gasteiger partial charge in [0.25, 0.3) is 0 Å². The average Bonchev–Trinajstić information content (AvgIpc) is 3.02. The van der Waals surface area contributed by atoms with E-state index in [2.05, 4.69) is 21.3 Å². The van der Waals surface area contributed by atoms with Gasteiger partial charge in [0.2, 0.25) is 23.6 Å². The third-order valence-electron chi connectivity index (χ3n) is 7.51. The normalized spacial score (nSPS) is 20.1. The van der Waals surface area contributed by atoms with Crippen LogP contribution in [0.15, 0.2) is 36.4 Å². The number of hydrogen-bond donors (Lipinski definition) is 11. The fourth-order valence-electron chi connectivity index (χ4n) is 4.95. The molecule has 2 aromatic carbocycles. The molecular weight excluding hydrogens is 584 g/mol. The Morgan fingerprint density at radius 1 is 0.911 bits per heavy atom. The van der Waals surface area contributed by atoms with Gasteiger partial charge < -0.3 is 59.5 Å². The molecule has 0 aromatic heterocycles. The molecule has 0 unspecified atom stereocenters. The lowest BCUT2D eigenvalue weighted by atomic mass is 9.95. The molecule has 0 radical (unpaired) electrons. The molecule has 0 fully saturated rings. The quantitative estimate of drug-likeness (QED) is 0.121. The van der Waals surface area contributed by atoms with E-state index >= 15 is 0 Å². The molecular formula is C30H44N8O7. The summed E-state index contributed by atoms with van der Waals surface area (Å²) in [6, 6.07) is 4.69. The third-order valence-corrected chi connectivity index (χ3v) is 7.51. The molecule has 0 aliphatic carbocycles. The van der Waals surface area contributed by atoms with Crippen LogP contribution in [0.3, 0.4) is 0 Å². The summed E-state index contributed by atoms with van der Waals surface area (Å²) in [6.07, 6.45) is -1.08. The zero-order chi connectivity index (χ0) is 33.1. The van der Waals surface area contributed by atoms with Crippen molar-refractivity contribution < 1.29 is 34.5 Å². The zero-order valence-electron chi connectivity index (χ0n) is 25.0. The number of aliphatic hydroxyl groups is 1. The maximum absolute atomic E-state index is 13.7. The molecule has 15 heteroatoms. The fraction of sp³-hybridized carbons (Fsp3) is 0.467. The second-order valence-corrected chi connectivity index (χ2v) is 11.0. The minimum Gasteiger partial charge on any atom is -0.508 e. The Kier molecular flexibility index (Phi) is 13.1. The SMILES string of the molecule is NCCC[C@@H]1NC(=O)[C@@H](N)Cc2cc(ccc2O)-c2ccc(O)c(c2)C[C@@H](C(=O)N[C@@H](C[C@@H](O)CN)C(=O)NCCN)NC1=O. The molecule has 246 valence electrons. The lowest BCUT2D eigenvalue weighted by Crippen LogP contribution is -2.59. The van der Waals surface area contributed by atoms with Crippen molar-refractivity contribution in [3.8, 4) is 22.6 Å². The smallest absolute Gasteiger partial charge is 0.243 e. The summed E-state index contributed by atoms with van der Waals surface area (Å²) in [5, 5.41) is 41.8. The van der Waals surface area contributed by atoms with Crippen LogP contribution in [0.1, 0.15) is 30.4 Å². The van der Waals surface area contributed by atoms with Gasteiger partial charge in [0.05, 0.1) is 12.1 Å². The number of amides is 4. The number of rotatable bonds is 11. The predicted molar refractivity (Wildman–Crippen MR) is 166 cm³/mol. The van der Waals surface area contributed by atoms with Gasteiger partial charge in [-0.2, -0.15) is 0 Å². The molecule has 4 bridgehead atoms. The first-order chi connectivity index (χ1) is 21.5.